The van der Waals surface area contributed by atoms with Crippen LogP contribution in [0.4, 0.5) is 0 Å². The summed E-state index contributed by atoms with van der Waals surface area (Å²) in [7, 11) is 0. The van der Waals surface area contributed by atoms with Crippen LogP contribution in [0.25, 0.3) is 0 Å². The Morgan fingerprint density at radius 2 is 2.62 bits per heavy atom. The van der Waals surface area contributed by atoms with Gasteiger partial charge in [0.25, 0.3) is 0 Å². The number of aromatic amines is 1. The molecule has 0 spiro atoms. The maximum absolute atomic E-state index is 10.1. The minimum atomic E-state index is -2.00. The molecule has 6 heteroatoms. The fourth-order valence-corrected chi connectivity index (χ4v) is 0.537. The summed E-state index contributed by atoms with van der Waals surface area (Å²) in [4.78, 5) is 0. The van der Waals surface area contributed by atoms with Crippen LogP contribution in [0.15, 0.2) is 11.2 Å². The zero-order chi connectivity index (χ0) is 5.98. The van der Waals surface area contributed by atoms with E-state index in [1.165, 1.54) is 6.20 Å². The van der Waals surface area contributed by atoms with E-state index in [0.29, 0.717) is 0 Å². The highest BCUT2D eigenvalue weighted by Gasteiger charge is 1.99. The predicted molar refractivity (Wildman–Crippen MR) is 25.4 cm³/mol. The van der Waals surface area contributed by atoms with Crippen molar-refractivity contribution in [1.82, 2.24) is 15.4 Å². The molecule has 5 nitrogen and oxygen atoms in total. The maximum atomic E-state index is 10.1. The maximum Gasteiger partial charge on any atom is 0.209 e. The Balaban J connectivity index is 2.93. The van der Waals surface area contributed by atoms with Crippen LogP contribution in [0.1, 0.15) is 0 Å². The standard InChI is InChI=1S/C2H3N3O2S/c6-8(7)2-1-3-5-4-2/h1H,(H,6,7)(H,3,4,5). The van der Waals surface area contributed by atoms with Gasteiger partial charge in [-0.3, -0.25) is 0 Å². The third-order valence-corrected chi connectivity index (χ3v) is 1.13. The molecule has 1 rings (SSSR count). The first-order chi connectivity index (χ1) is 3.80. The summed E-state index contributed by atoms with van der Waals surface area (Å²) in [6.45, 7) is 0. The number of nitrogens with one attached hydrogen (secondary N) is 1. The smallest absolute Gasteiger partial charge is 0.209 e. The van der Waals surface area contributed by atoms with Gasteiger partial charge in [0.05, 0.1) is 6.20 Å². The lowest BCUT2D eigenvalue weighted by Crippen LogP contribution is -1.86. The van der Waals surface area contributed by atoms with Crippen LogP contribution >= 0.6 is 0 Å². The summed E-state index contributed by atoms with van der Waals surface area (Å²) in [5, 5.41) is 8.89. The lowest BCUT2D eigenvalue weighted by Gasteiger charge is -1.76. The molecular weight excluding hydrogens is 130 g/mol. The Kier molecular flexibility index (Phi) is 1.36. The van der Waals surface area contributed by atoms with E-state index in [4.69, 9.17) is 4.55 Å². The van der Waals surface area contributed by atoms with Crippen molar-refractivity contribution in [2.75, 3.05) is 0 Å². The Hall–Kier alpha value is -0.750. The second-order valence-corrected chi connectivity index (χ2v) is 1.97. The lowest BCUT2D eigenvalue weighted by molar-refractivity contribution is 0.560. The average Bonchev–Trinajstić information content (AvgIpc) is 2.12. The van der Waals surface area contributed by atoms with Crippen LogP contribution in [0.5, 0.6) is 0 Å². The third kappa shape index (κ3) is 0.903. The van der Waals surface area contributed by atoms with Crippen molar-refractivity contribution in [3.05, 3.63) is 6.20 Å². The van der Waals surface area contributed by atoms with Gasteiger partial charge in [-0.25, -0.2) is 4.21 Å². The first kappa shape index (κ1) is 5.39. The van der Waals surface area contributed by atoms with Gasteiger partial charge in [0.15, 0.2) is 5.03 Å². The number of rotatable bonds is 1. The summed E-state index contributed by atoms with van der Waals surface area (Å²) in [5.41, 5.74) is 0. The van der Waals surface area contributed by atoms with E-state index in [0.717, 1.165) is 0 Å². The molecule has 0 aliphatic rings. The van der Waals surface area contributed by atoms with E-state index >= 15 is 0 Å². The fraction of sp³-hybridized carbons (Fsp3) is 0. The highest BCUT2D eigenvalue weighted by atomic mass is 32.2. The molecule has 0 aliphatic heterocycles. The Morgan fingerprint density at radius 1 is 1.88 bits per heavy atom. The number of hydrogen-bond acceptors (Lipinski definition) is 3. The van der Waals surface area contributed by atoms with Crippen LogP contribution in [-0.4, -0.2) is 24.2 Å². The van der Waals surface area contributed by atoms with E-state index < -0.39 is 11.1 Å². The summed E-state index contributed by atoms with van der Waals surface area (Å²) < 4.78 is 18.3. The molecule has 44 valence electrons. The fourth-order valence-electron chi connectivity index (χ4n) is 0.275. The molecule has 0 amide bonds. The van der Waals surface area contributed by atoms with Crippen molar-refractivity contribution in [3.8, 4) is 0 Å². The number of nitrogens with zero attached hydrogens (tertiary/aromatic N) is 2. The summed E-state index contributed by atoms with van der Waals surface area (Å²) in [6.07, 6.45) is 1.19. The molecule has 1 aromatic heterocycles. The Labute approximate surface area is 47.4 Å². The van der Waals surface area contributed by atoms with Crippen LogP contribution in [0.3, 0.4) is 0 Å². The number of aromatic nitrogens is 3. The highest BCUT2D eigenvalue weighted by Crippen LogP contribution is 1.91. The molecule has 0 radical (unpaired) electrons. The molecular formula is C2H3N3O2S. The van der Waals surface area contributed by atoms with Gasteiger partial charge in [-0.1, -0.05) is 0 Å². The van der Waals surface area contributed by atoms with Gasteiger partial charge in [0, 0.05) is 0 Å². The normalized spacial score (nSPS) is 13.6. The molecule has 1 heterocycles. The predicted octanol–water partition coefficient (Wildman–Crippen LogP) is -0.615. The molecule has 2 N–H and O–H groups in total. The van der Waals surface area contributed by atoms with Gasteiger partial charge in [0.2, 0.25) is 11.1 Å². The molecule has 0 saturated carbocycles. The van der Waals surface area contributed by atoms with Crippen molar-refractivity contribution >= 4 is 11.1 Å². The molecule has 8 heavy (non-hydrogen) atoms. The van der Waals surface area contributed by atoms with Gasteiger partial charge in [0.1, 0.15) is 0 Å². The lowest BCUT2D eigenvalue weighted by atomic mass is 11.0. The van der Waals surface area contributed by atoms with Crippen LogP contribution in [0, 0.1) is 0 Å². The monoisotopic (exact) mass is 133 g/mol. The molecule has 0 saturated heterocycles. The van der Waals surface area contributed by atoms with E-state index in [1.54, 1.807) is 0 Å². The molecule has 0 aromatic carbocycles. The molecule has 1 atom stereocenters. The number of hydrogen-bond donors (Lipinski definition) is 2. The van der Waals surface area contributed by atoms with E-state index in [9.17, 15) is 4.21 Å². The van der Waals surface area contributed by atoms with Crippen LogP contribution in [0.2, 0.25) is 0 Å². The number of H-pyrrole nitrogens is 1. The van der Waals surface area contributed by atoms with Gasteiger partial charge >= 0.3 is 0 Å². The topological polar surface area (TPSA) is 78.9 Å². The van der Waals surface area contributed by atoms with Crippen molar-refractivity contribution in [1.29, 1.82) is 0 Å². The zero-order valence-corrected chi connectivity index (χ0v) is 4.55. The molecule has 0 aliphatic carbocycles. The van der Waals surface area contributed by atoms with Crippen molar-refractivity contribution < 1.29 is 8.76 Å². The van der Waals surface area contributed by atoms with Gasteiger partial charge in [-0.15, -0.1) is 5.10 Å². The second-order valence-electron chi connectivity index (χ2n) is 1.06. The van der Waals surface area contributed by atoms with Crippen molar-refractivity contribution in [2.24, 2.45) is 0 Å². The molecule has 1 unspecified atom stereocenters. The first-order valence-electron chi connectivity index (χ1n) is 1.77. The van der Waals surface area contributed by atoms with E-state index in [-0.39, 0.29) is 5.03 Å². The van der Waals surface area contributed by atoms with Gasteiger partial charge < -0.3 is 4.55 Å². The largest absolute Gasteiger partial charge is 0.301 e. The van der Waals surface area contributed by atoms with E-state index in [2.05, 4.69) is 15.4 Å². The van der Waals surface area contributed by atoms with Gasteiger partial charge in [-0.05, 0) is 0 Å². The summed E-state index contributed by atoms with van der Waals surface area (Å²) >= 11 is -2.00. The summed E-state index contributed by atoms with van der Waals surface area (Å²) in [5.74, 6) is 0. The van der Waals surface area contributed by atoms with Crippen LogP contribution < -0.4 is 0 Å². The summed E-state index contributed by atoms with van der Waals surface area (Å²) in [6, 6.07) is 0. The Bertz CT molecular complexity index is 183. The quantitative estimate of drug-likeness (QED) is 0.500. The minimum absolute atomic E-state index is 0.0463. The third-order valence-electron chi connectivity index (χ3n) is 0.572. The molecule has 0 bridgehead atoms. The van der Waals surface area contributed by atoms with Crippen molar-refractivity contribution in [3.63, 3.8) is 0 Å². The average molecular weight is 133 g/mol. The van der Waals surface area contributed by atoms with E-state index in [1.807, 2.05) is 0 Å². The highest BCUT2D eigenvalue weighted by molar-refractivity contribution is 7.79. The Morgan fingerprint density at radius 3 is 2.88 bits per heavy atom. The molecule has 1 aromatic rings. The van der Waals surface area contributed by atoms with Gasteiger partial charge in [-0.2, -0.15) is 10.3 Å². The SMILES string of the molecule is O=S(O)c1cn[nH]n1. The van der Waals surface area contributed by atoms with Crippen molar-refractivity contribution in [2.45, 2.75) is 5.03 Å². The second kappa shape index (κ2) is 2.01. The molecule has 0 fully saturated rings. The minimum Gasteiger partial charge on any atom is -0.301 e. The zero-order valence-electron chi connectivity index (χ0n) is 3.74. The first-order valence-corrected chi connectivity index (χ1v) is 2.88. The van der Waals surface area contributed by atoms with Crippen LogP contribution in [-0.2, 0) is 11.1 Å².